The molecule has 3 nitrogen and oxygen atoms in total. The quantitative estimate of drug-likeness (QED) is 0.803. The molecule has 0 heterocycles. The molecule has 0 spiro atoms. The van der Waals surface area contributed by atoms with Gasteiger partial charge < -0.3 is 5.11 Å². The van der Waals surface area contributed by atoms with Crippen molar-refractivity contribution in [1.29, 1.82) is 0 Å². The number of hydrogen-bond acceptors (Lipinski definition) is 3. The summed E-state index contributed by atoms with van der Waals surface area (Å²) in [7, 11) is 0. The highest BCUT2D eigenvalue weighted by atomic mass is 16.3. The van der Waals surface area contributed by atoms with Crippen LogP contribution in [0.2, 0.25) is 0 Å². The van der Waals surface area contributed by atoms with E-state index in [1.807, 2.05) is 51.1 Å². The van der Waals surface area contributed by atoms with Crippen LogP contribution in [-0.4, -0.2) is 22.6 Å². The molecule has 1 aliphatic carbocycles. The molecule has 1 unspecified atom stereocenters. The molecule has 1 atom stereocenters. The molecular weight excluding hydrogens is 286 g/mol. The van der Waals surface area contributed by atoms with Gasteiger partial charge >= 0.3 is 0 Å². The fourth-order valence-electron chi connectivity index (χ4n) is 2.96. The van der Waals surface area contributed by atoms with E-state index in [-0.39, 0.29) is 23.0 Å². The van der Waals surface area contributed by atoms with Crippen molar-refractivity contribution in [2.24, 2.45) is 10.4 Å². The third-order valence-electron chi connectivity index (χ3n) is 4.32. The second kappa shape index (κ2) is 7.12. The van der Waals surface area contributed by atoms with Gasteiger partial charge in [0.05, 0.1) is 11.3 Å². The molecule has 0 aliphatic heterocycles. The topological polar surface area (TPSA) is 49.7 Å². The van der Waals surface area contributed by atoms with Crippen LogP contribution in [0.15, 0.2) is 46.7 Å². The van der Waals surface area contributed by atoms with Crippen LogP contribution in [0, 0.1) is 5.41 Å². The minimum Gasteiger partial charge on any atom is -0.511 e. The minimum atomic E-state index is -0.182. The third kappa shape index (κ3) is 4.54. The molecule has 0 radical (unpaired) electrons. The Morgan fingerprint density at radius 2 is 1.91 bits per heavy atom. The molecule has 0 fully saturated rings. The maximum Gasteiger partial charge on any atom is 0.168 e. The maximum absolute atomic E-state index is 12.6. The van der Waals surface area contributed by atoms with Gasteiger partial charge in [-0.3, -0.25) is 9.79 Å². The number of ketones is 1. The average molecular weight is 313 g/mol. The van der Waals surface area contributed by atoms with Crippen LogP contribution < -0.4 is 0 Å². The largest absolute Gasteiger partial charge is 0.511 e. The van der Waals surface area contributed by atoms with Gasteiger partial charge in [-0.25, -0.2) is 0 Å². The standard InChI is InChI=1S/C20H27NO2/c1-5-14(2)21-16(11-15-9-7-6-8-10-15)19-17(22)12-20(3,4)13-18(19)23/h6-10,14,22H,5,11-13H2,1-4H3. The number of nitrogens with zero attached hydrogens (tertiary/aromatic N) is 1. The summed E-state index contributed by atoms with van der Waals surface area (Å²) in [5.41, 5.74) is 2.10. The Labute approximate surface area is 139 Å². The van der Waals surface area contributed by atoms with E-state index in [2.05, 4.69) is 6.92 Å². The Morgan fingerprint density at radius 3 is 2.48 bits per heavy atom. The lowest BCUT2D eigenvalue weighted by atomic mass is 9.75. The highest BCUT2D eigenvalue weighted by molar-refractivity contribution is 6.23. The minimum absolute atomic E-state index is 0.0109. The molecule has 2 rings (SSSR count). The molecule has 0 saturated heterocycles. The summed E-state index contributed by atoms with van der Waals surface area (Å²) < 4.78 is 0. The number of allylic oxidation sites excluding steroid dienone is 2. The molecule has 1 aliphatic rings. The van der Waals surface area contributed by atoms with E-state index >= 15 is 0 Å². The van der Waals surface area contributed by atoms with Crippen molar-refractivity contribution in [1.82, 2.24) is 0 Å². The summed E-state index contributed by atoms with van der Waals surface area (Å²) in [4.78, 5) is 17.4. The highest BCUT2D eigenvalue weighted by Crippen LogP contribution is 2.36. The van der Waals surface area contributed by atoms with Crippen LogP contribution in [0.25, 0.3) is 0 Å². The van der Waals surface area contributed by atoms with Gasteiger partial charge in [0.2, 0.25) is 0 Å². The molecule has 0 bridgehead atoms. The van der Waals surface area contributed by atoms with Gasteiger partial charge in [-0.15, -0.1) is 0 Å². The van der Waals surface area contributed by atoms with Gasteiger partial charge in [-0.2, -0.15) is 0 Å². The molecular formula is C20H27NO2. The lowest BCUT2D eigenvalue weighted by molar-refractivity contribution is -0.117. The molecule has 1 aromatic carbocycles. The van der Waals surface area contributed by atoms with Crippen LogP contribution in [0.5, 0.6) is 0 Å². The van der Waals surface area contributed by atoms with Gasteiger partial charge in [0.1, 0.15) is 5.76 Å². The van der Waals surface area contributed by atoms with Crippen molar-refractivity contribution in [2.75, 3.05) is 0 Å². The molecule has 1 aromatic rings. The Hall–Kier alpha value is -1.90. The Morgan fingerprint density at radius 1 is 1.26 bits per heavy atom. The number of hydrogen-bond donors (Lipinski definition) is 1. The molecule has 0 saturated carbocycles. The van der Waals surface area contributed by atoms with Gasteiger partial charge in [-0.1, -0.05) is 51.1 Å². The predicted octanol–water partition coefficient (Wildman–Crippen LogP) is 4.67. The number of carbonyl (C=O) groups excluding carboxylic acids is 1. The Balaban J connectivity index is 2.41. The zero-order chi connectivity index (χ0) is 17.0. The summed E-state index contributed by atoms with van der Waals surface area (Å²) in [6, 6.07) is 10.1. The summed E-state index contributed by atoms with van der Waals surface area (Å²) in [6.07, 6.45) is 2.48. The molecule has 3 heteroatoms. The van der Waals surface area contributed by atoms with E-state index in [9.17, 15) is 9.90 Å². The zero-order valence-corrected chi connectivity index (χ0v) is 14.6. The number of aliphatic hydroxyl groups excluding tert-OH is 1. The average Bonchev–Trinajstić information content (AvgIpc) is 2.45. The van der Waals surface area contributed by atoms with E-state index in [0.29, 0.717) is 24.8 Å². The van der Waals surface area contributed by atoms with E-state index in [4.69, 9.17) is 4.99 Å². The first-order valence-corrected chi connectivity index (χ1v) is 8.38. The van der Waals surface area contributed by atoms with E-state index in [1.165, 1.54) is 0 Å². The SMILES string of the molecule is CCC(C)N=C(Cc1ccccc1)C1=C(O)CC(C)(C)CC1=O. The summed E-state index contributed by atoms with van der Waals surface area (Å²) in [6.45, 7) is 8.15. The van der Waals surface area contributed by atoms with E-state index < -0.39 is 0 Å². The van der Waals surface area contributed by atoms with Crippen LogP contribution in [0.1, 0.15) is 52.5 Å². The first-order valence-electron chi connectivity index (χ1n) is 8.38. The maximum atomic E-state index is 12.6. The van der Waals surface area contributed by atoms with Crippen LogP contribution in [-0.2, 0) is 11.2 Å². The molecule has 0 aromatic heterocycles. The monoisotopic (exact) mass is 313 g/mol. The normalized spacial score (nSPS) is 19.8. The zero-order valence-electron chi connectivity index (χ0n) is 14.6. The summed E-state index contributed by atoms with van der Waals surface area (Å²) in [5.74, 6) is 0.209. The van der Waals surface area contributed by atoms with Crippen molar-refractivity contribution in [3.05, 3.63) is 47.2 Å². The number of Topliss-reactive ketones (excluding diaryl/α,β-unsaturated/α-hetero) is 1. The van der Waals surface area contributed by atoms with Crippen LogP contribution in [0.3, 0.4) is 0 Å². The van der Waals surface area contributed by atoms with Crippen molar-refractivity contribution in [3.8, 4) is 0 Å². The molecule has 1 N–H and O–H groups in total. The first-order chi connectivity index (χ1) is 10.8. The van der Waals surface area contributed by atoms with Crippen molar-refractivity contribution >= 4 is 11.5 Å². The highest BCUT2D eigenvalue weighted by Gasteiger charge is 2.35. The predicted molar refractivity (Wildman–Crippen MR) is 95.0 cm³/mol. The number of carbonyl (C=O) groups is 1. The second-order valence-electron chi connectivity index (χ2n) is 7.26. The Bertz CT molecular complexity index is 626. The number of rotatable bonds is 5. The fraction of sp³-hybridized carbons (Fsp3) is 0.500. The van der Waals surface area contributed by atoms with Gasteiger partial charge in [0, 0.05) is 25.3 Å². The smallest absolute Gasteiger partial charge is 0.168 e. The molecule has 0 amide bonds. The fourth-order valence-corrected chi connectivity index (χ4v) is 2.96. The van der Waals surface area contributed by atoms with Crippen molar-refractivity contribution in [2.45, 2.75) is 59.4 Å². The van der Waals surface area contributed by atoms with Gasteiger partial charge in [0.25, 0.3) is 0 Å². The molecule has 23 heavy (non-hydrogen) atoms. The number of aliphatic hydroxyl groups is 1. The van der Waals surface area contributed by atoms with Gasteiger partial charge in [0.15, 0.2) is 5.78 Å². The third-order valence-corrected chi connectivity index (χ3v) is 4.32. The molecule has 124 valence electrons. The first kappa shape index (κ1) is 17.5. The summed E-state index contributed by atoms with van der Waals surface area (Å²) >= 11 is 0. The van der Waals surface area contributed by atoms with Crippen LogP contribution >= 0.6 is 0 Å². The Kier molecular flexibility index (Phi) is 5.40. The van der Waals surface area contributed by atoms with Crippen LogP contribution in [0.4, 0.5) is 0 Å². The summed E-state index contributed by atoms with van der Waals surface area (Å²) in [5, 5.41) is 10.5. The lowest BCUT2D eigenvalue weighted by Crippen LogP contribution is -2.30. The lowest BCUT2D eigenvalue weighted by Gasteiger charge is -2.30. The van der Waals surface area contributed by atoms with Crippen molar-refractivity contribution < 1.29 is 9.90 Å². The second-order valence-corrected chi connectivity index (χ2v) is 7.26. The van der Waals surface area contributed by atoms with Gasteiger partial charge in [-0.05, 0) is 24.3 Å². The number of benzene rings is 1. The van der Waals surface area contributed by atoms with E-state index in [1.54, 1.807) is 0 Å². The van der Waals surface area contributed by atoms with E-state index in [0.717, 1.165) is 17.7 Å². The van der Waals surface area contributed by atoms with Crippen molar-refractivity contribution in [3.63, 3.8) is 0 Å². The number of aliphatic imine (C=N–C) groups is 1.